The van der Waals surface area contributed by atoms with Crippen LogP contribution in [0.5, 0.6) is 0 Å². The van der Waals surface area contributed by atoms with E-state index in [0.717, 1.165) is 16.7 Å². The third kappa shape index (κ3) is 3.38. The molecule has 3 rings (SSSR count). The average molecular weight is 299 g/mol. The standard InChI is InChI=1S/C20H17N3/c1-15(16-8-4-2-5-9-16)23-20-18(13-21)12-19(14-22-20)17-10-6-3-7-11-17/h2-12,14-15H,1H3,(H,22,23). The molecule has 0 spiro atoms. The minimum atomic E-state index is 0.0818. The highest BCUT2D eigenvalue weighted by atomic mass is 15.0. The summed E-state index contributed by atoms with van der Waals surface area (Å²) in [4.78, 5) is 4.46. The highest BCUT2D eigenvalue weighted by molar-refractivity contribution is 5.67. The molecule has 0 amide bonds. The summed E-state index contributed by atoms with van der Waals surface area (Å²) in [6.45, 7) is 2.06. The van der Waals surface area contributed by atoms with Crippen LogP contribution in [0.3, 0.4) is 0 Å². The number of nitrogens with zero attached hydrogens (tertiary/aromatic N) is 2. The second-order valence-corrected chi connectivity index (χ2v) is 5.37. The second-order valence-electron chi connectivity index (χ2n) is 5.37. The topological polar surface area (TPSA) is 48.7 Å². The van der Waals surface area contributed by atoms with Crippen LogP contribution in [0, 0.1) is 11.3 Å². The van der Waals surface area contributed by atoms with Gasteiger partial charge in [-0.2, -0.15) is 5.26 Å². The summed E-state index contributed by atoms with van der Waals surface area (Å²) in [7, 11) is 0. The van der Waals surface area contributed by atoms with Crippen LogP contribution in [-0.4, -0.2) is 4.98 Å². The molecule has 1 N–H and O–H groups in total. The maximum atomic E-state index is 9.44. The average Bonchev–Trinajstić information content (AvgIpc) is 2.63. The van der Waals surface area contributed by atoms with Crippen LogP contribution in [0.1, 0.15) is 24.1 Å². The van der Waals surface area contributed by atoms with Gasteiger partial charge in [-0.3, -0.25) is 0 Å². The molecule has 0 bridgehead atoms. The fourth-order valence-electron chi connectivity index (χ4n) is 2.48. The lowest BCUT2D eigenvalue weighted by Crippen LogP contribution is -2.09. The first-order chi connectivity index (χ1) is 11.3. The van der Waals surface area contributed by atoms with E-state index in [1.54, 1.807) is 6.20 Å². The lowest BCUT2D eigenvalue weighted by atomic mass is 10.1. The Hall–Kier alpha value is -3.12. The molecule has 0 radical (unpaired) electrons. The van der Waals surface area contributed by atoms with Crippen LogP contribution in [0.15, 0.2) is 72.9 Å². The van der Waals surface area contributed by atoms with E-state index in [1.165, 1.54) is 0 Å². The summed E-state index contributed by atoms with van der Waals surface area (Å²) >= 11 is 0. The Labute approximate surface area is 136 Å². The van der Waals surface area contributed by atoms with Gasteiger partial charge in [-0.15, -0.1) is 0 Å². The predicted octanol–water partition coefficient (Wildman–Crippen LogP) is 4.79. The first-order valence-electron chi connectivity index (χ1n) is 7.55. The normalized spacial score (nSPS) is 11.5. The number of benzene rings is 2. The predicted molar refractivity (Wildman–Crippen MR) is 92.9 cm³/mol. The zero-order chi connectivity index (χ0) is 16.1. The van der Waals surface area contributed by atoms with Crippen molar-refractivity contribution in [3.8, 4) is 17.2 Å². The number of nitriles is 1. The van der Waals surface area contributed by atoms with E-state index < -0.39 is 0 Å². The molecule has 0 fully saturated rings. The lowest BCUT2D eigenvalue weighted by molar-refractivity contribution is 0.873. The molecule has 0 aliphatic rings. The fourth-order valence-corrected chi connectivity index (χ4v) is 2.48. The summed E-state index contributed by atoms with van der Waals surface area (Å²) in [5.74, 6) is 0.614. The Morgan fingerprint density at radius 3 is 2.26 bits per heavy atom. The molecule has 1 heterocycles. The zero-order valence-electron chi connectivity index (χ0n) is 12.9. The summed E-state index contributed by atoms with van der Waals surface area (Å²) in [5.41, 5.74) is 3.71. The Kier molecular flexibility index (Phi) is 4.35. The van der Waals surface area contributed by atoms with E-state index >= 15 is 0 Å². The maximum Gasteiger partial charge on any atom is 0.144 e. The van der Waals surface area contributed by atoms with Gasteiger partial charge < -0.3 is 5.32 Å². The lowest BCUT2D eigenvalue weighted by Gasteiger charge is -2.16. The zero-order valence-corrected chi connectivity index (χ0v) is 12.9. The molecule has 3 heteroatoms. The van der Waals surface area contributed by atoms with Gasteiger partial charge in [-0.1, -0.05) is 60.7 Å². The molecule has 23 heavy (non-hydrogen) atoms. The van der Waals surface area contributed by atoms with Crippen molar-refractivity contribution in [2.45, 2.75) is 13.0 Å². The van der Waals surface area contributed by atoms with Gasteiger partial charge in [0.2, 0.25) is 0 Å². The number of nitrogens with one attached hydrogen (secondary N) is 1. The molecular formula is C20H17N3. The summed E-state index contributed by atoms with van der Waals surface area (Å²) in [6.07, 6.45) is 1.80. The van der Waals surface area contributed by atoms with Gasteiger partial charge in [0.05, 0.1) is 5.56 Å². The van der Waals surface area contributed by atoms with Crippen molar-refractivity contribution in [3.05, 3.63) is 84.1 Å². The summed E-state index contributed by atoms with van der Waals surface area (Å²) < 4.78 is 0. The number of hydrogen-bond acceptors (Lipinski definition) is 3. The van der Waals surface area contributed by atoms with Crippen molar-refractivity contribution >= 4 is 5.82 Å². The van der Waals surface area contributed by atoms with Crippen LogP contribution in [0.4, 0.5) is 5.82 Å². The first-order valence-corrected chi connectivity index (χ1v) is 7.55. The molecule has 112 valence electrons. The molecule has 1 aromatic heterocycles. The van der Waals surface area contributed by atoms with Crippen molar-refractivity contribution in [1.82, 2.24) is 4.98 Å². The smallest absolute Gasteiger partial charge is 0.144 e. The van der Waals surface area contributed by atoms with Gasteiger partial charge in [-0.05, 0) is 24.1 Å². The van der Waals surface area contributed by atoms with Crippen molar-refractivity contribution in [3.63, 3.8) is 0 Å². The molecule has 3 aromatic rings. The SMILES string of the molecule is CC(Nc1ncc(-c2ccccc2)cc1C#N)c1ccccc1. The molecule has 1 unspecified atom stereocenters. The first kappa shape index (κ1) is 14.8. The van der Waals surface area contributed by atoms with Gasteiger partial charge in [0.15, 0.2) is 0 Å². The molecule has 1 atom stereocenters. The minimum Gasteiger partial charge on any atom is -0.362 e. The van der Waals surface area contributed by atoms with E-state index in [1.807, 2.05) is 54.6 Å². The van der Waals surface area contributed by atoms with Crippen molar-refractivity contribution in [1.29, 1.82) is 5.26 Å². The molecule has 2 aromatic carbocycles. The number of pyridine rings is 1. The number of rotatable bonds is 4. The monoisotopic (exact) mass is 299 g/mol. The summed E-state index contributed by atoms with van der Waals surface area (Å²) in [6, 6.07) is 24.3. The van der Waals surface area contributed by atoms with E-state index in [4.69, 9.17) is 0 Å². The Balaban J connectivity index is 1.88. The van der Waals surface area contributed by atoms with Gasteiger partial charge >= 0.3 is 0 Å². The third-order valence-electron chi connectivity index (χ3n) is 3.77. The van der Waals surface area contributed by atoms with E-state index in [9.17, 15) is 5.26 Å². The summed E-state index contributed by atoms with van der Waals surface area (Å²) in [5, 5.41) is 12.8. The molecule has 0 saturated carbocycles. The minimum absolute atomic E-state index is 0.0818. The largest absolute Gasteiger partial charge is 0.362 e. The van der Waals surface area contributed by atoms with Gasteiger partial charge in [0, 0.05) is 17.8 Å². The fraction of sp³-hybridized carbons (Fsp3) is 0.100. The van der Waals surface area contributed by atoms with Crippen LogP contribution in [-0.2, 0) is 0 Å². The van der Waals surface area contributed by atoms with Gasteiger partial charge in [0.25, 0.3) is 0 Å². The van der Waals surface area contributed by atoms with Crippen molar-refractivity contribution < 1.29 is 0 Å². The second kappa shape index (κ2) is 6.76. The molecule has 3 nitrogen and oxygen atoms in total. The third-order valence-corrected chi connectivity index (χ3v) is 3.77. The Morgan fingerprint density at radius 2 is 1.61 bits per heavy atom. The molecule has 0 saturated heterocycles. The van der Waals surface area contributed by atoms with Crippen LogP contribution >= 0.6 is 0 Å². The maximum absolute atomic E-state index is 9.44. The van der Waals surface area contributed by atoms with Crippen LogP contribution in [0.25, 0.3) is 11.1 Å². The van der Waals surface area contributed by atoms with E-state index in [0.29, 0.717) is 11.4 Å². The van der Waals surface area contributed by atoms with E-state index in [2.05, 4.69) is 35.4 Å². The van der Waals surface area contributed by atoms with Gasteiger partial charge in [0.1, 0.15) is 11.9 Å². The van der Waals surface area contributed by atoms with Crippen LogP contribution in [0.2, 0.25) is 0 Å². The number of hydrogen-bond donors (Lipinski definition) is 1. The Bertz CT molecular complexity index is 821. The Morgan fingerprint density at radius 1 is 0.957 bits per heavy atom. The van der Waals surface area contributed by atoms with Crippen molar-refractivity contribution in [2.75, 3.05) is 5.32 Å². The quantitative estimate of drug-likeness (QED) is 0.753. The number of anilines is 1. The molecule has 0 aliphatic carbocycles. The number of aromatic nitrogens is 1. The van der Waals surface area contributed by atoms with E-state index in [-0.39, 0.29) is 6.04 Å². The highest BCUT2D eigenvalue weighted by Crippen LogP contribution is 2.25. The van der Waals surface area contributed by atoms with Gasteiger partial charge in [-0.25, -0.2) is 4.98 Å². The molecule has 0 aliphatic heterocycles. The van der Waals surface area contributed by atoms with Crippen LogP contribution < -0.4 is 5.32 Å². The molecular weight excluding hydrogens is 282 g/mol. The van der Waals surface area contributed by atoms with Crippen molar-refractivity contribution in [2.24, 2.45) is 0 Å². The highest BCUT2D eigenvalue weighted by Gasteiger charge is 2.10.